The van der Waals surface area contributed by atoms with E-state index in [1.807, 2.05) is 36.4 Å². The van der Waals surface area contributed by atoms with E-state index in [-0.39, 0.29) is 12.6 Å². The number of benzene rings is 2. The standard InChI is InChI=1S/C16H16O3/c1-3-8-18-16-10-14-7-5-4-6-13(14)9-15(16)11-19-12(2)17/h3-7,9-10H,1,8,11H2,2H3. The summed E-state index contributed by atoms with van der Waals surface area (Å²) in [5.74, 6) is 0.419. The number of hydrogen-bond donors (Lipinski definition) is 0. The van der Waals surface area contributed by atoms with Gasteiger partial charge in [-0.05, 0) is 22.9 Å². The van der Waals surface area contributed by atoms with Crippen molar-refractivity contribution in [3.8, 4) is 5.75 Å². The van der Waals surface area contributed by atoms with Crippen LogP contribution in [0.1, 0.15) is 12.5 Å². The number of carbonyl (C=O) groups is 1. The summed E-state index contributed by atoms with van der Waals surface area (Å²) in [5.41, 5.74) is 0.857. The predicted octanol–water partition coefficient (Wildman–Crippen LogP) is 3.47. The first-order chi connectivity index (χ1) is 9.20. The maximum absolute atomic E-state index is 10.9. The highest BCUT2D eigenvalue weighted by Crippen LogP contribution is 2.27. The molecule has 0 aliphatic rings. The Morgan fingerprint density at radius 1 is 1.26 bits per heavy atom. The summed E-state index contributed by atoms with van der Waals surface area (Å²) in [6.07, 6.45) is 1.69. The molecule has 0 aliphatic carbocycles. The quantitative estimate of drug-likeness (QED) is 0.607. The molecule has 0 unspecified atom stereocenters. The molecule has 0 fully saturated rings. The van der Waals surface area contributed by atoms with Crippen LogP contribution in [0.3, 0.4) is 0 Å². The highest BCUT2D eigenvalue weighted by Gasteiger charge is 2.07. The van der Waals surface area contributed by atoms with Gasteiger partial charge in [0.15, 0.2) is 0 Å². The number of ether oxygens (including phenoxy) is 2. The van der Waals surface area contributed by atoms with Gasteiger partial charge in [0, 0.05) is 12.5 Å². The van der Waals surface area contributed by atoms with Crippen LogP contribution in [-0.4, -0.2) is 12.6 Å². The lowest BCUT2D eigenvalue weighted by Crippen LogP contribution is -2.03. The topological polar surface area (TPSA) is 35.5 Å². The second-order valence-corrected chi connectivity index (χ2v) is 4.19. The number of hydrogen-bond acceptors (Lipinski definition) is 3. The van der Waals surface area contributed by atoms with Gasteiger partial charge in [-0.2, -0.15) is 0 Å². The van der Waals surface area contributed by atoms with E-state index in [1.54, 1.807) is 6.08 Å². The number of fused-ring (bicyclic) bond motifs is 1. The van der Waals surface area contributed by atoms with Crippen molar-refractivity contribution in [3.05, 3.63) is 54.6 Å². The molecule has 0 bridgehead atoms. The summed E-state index contributed by atoms with van der Waals surface area (Å²) in [5, 5.41) is 2.18. The zero-order valence-corrected chi connectivity index (χ0v) is 10.9. The zero-order valence-electron chi connectivity index (χ0n) is 10.9. The Morgan fingerprint density at radius 3 is 2.58 bits per heavy atom. The summed E-state index contributed by atoms with van der Waals surface area (Å²) in [4.78, 5) is 10.9. The third-order valence-corrected chi connectivity index (χ3v) is 2.72. The minimum atomic E-state index is -0.303. The molecule has 0 amide bonds. The van der Waals surface area contributed by atoms with Crippen LogP contribution in [0, 0.1) is 0 Å². The number of carbonyl (C=O) groups excluding carboxylic acids is 1. The fourth-order valence-electron chi connectivity index (χ4n) is 1.84. The normalized spacial score (nSPS) is 10.2. The minimum absolute atomic E-state index is 0.215. The molecule has 0 heterocycles. The number of esters is 1. The lowest BCUT2D eigenvalue weighted by molar-refractivity contribution is -0.142. The van der Waals surface area contributed by atoms with Crippen LogP contribution >= 0.6 is 0 Å². The second kappa shape index (κ2) is 6.05. The summed E-state index contributed by atoms with van der Waals surface area (Å²) in [7, 11) is 0. The summed E-state index contributed by atoms with van der Waals surface area (Å²) >= 11 is 0. The first-order valence-corrected chi connectivity index (χ1v) is 6.09. The van der Waals surface area contributed by atoms with Crippen molar-refractivity contribution in [2.24, 2.45) is 0 Å². The van der Waals surface area contributed by atoms with Crippen molar-refractivity contribution in [1.29, 1.82) is 0 Å². The highest BCUT2D eigenvalue weighted by atomic mass is 16.5. The van der Waals surface area contributed by atoms with Crippen molar-refractivity contribution >= 4 is 16.7 Å². The van der Waals surface area contributed by atoms with Gasteiger partial charge < -0.3 is 9.47 Å². The van der Waals surface area contributed by atoms with Crippen LogP contribution in [-0.2, 0) is 16.1 Å². The molecule has 0 saturated heterocycles. The lowest BCUT2D eigenvalue weighted by atomic mass is 10.1. The maximum Gasteiger partial charge on any atom is 0.302 e. The Labute approximate surface area is 112 Å². The van der Waals surface area contributed by atoms with E-state index in [1.165, 1.54) is 6.92 Å². The average molecular weight is 256 g/mol. The Morgan fingerprint density at radius 2 is 1.95 bits per heavy atom. The Bertz CT molecular complexity index is 602. The van der Waals surface area contributed by atoms with E-state index in [0.29, 0.717) is 6.61 Å². The SMILES string of the molecule is C=CCOc1cc2ccccc2cc1COC(C)=O. The minimum Gasteiger partial charge on any atom is -0.489 e. The first kappa shape index (κ1) is 13.1. The van der Waals surface area contributed by atoms with Gasteiger partial charge in [-0.15, -0.1) is 0 Å². The van der Waals surface area contributed by atoms with E-state index in [0.717, 1.165) is 22.1 Å². The molecule has 0 N–H and O–H groups in total. The van der Waals surface area contributed by atoms with Gasteiger partial charge in [0.1, 0.15) is 19.0 Å². The molecule has 2 aromatic carbocycles. The average Bonchev–Trinajstić information content (AvgIpc) is 2.42. The van der Waals surface area contributed by atoms with Gasteiger partial charge in [0.2, 0.25) is 0 Å². The van der Waals surface area contributed by atoms with Gasteiger partial charge in [-0.3, -0.25) is 4.79 Å². The zero-order chi connectivity index (χ0) is 13.7. The second-order valence-electron chi connectivity index (χ2n) is 4.19. The molecule has 3 heteroatoms. The largest absolute Gasteiger partial charge is 0.489 e. The summed E-state index contributed by atoms with van der Waals surface area (Å²) in [6.45, 7) is 5.66. The van der Waals surface area contributed by atoms with E-state index < -0.39 is 0 Å². The van der Waals surface area contributed by atoms with E-state index >= 15 is 0 Å². The smallest absolute Gasteiger partial charge is 0.302 e. The number of rotatable bonds is 5. The van der Waals surface area contributed by atoms with Gasteiger partial charge in [0.25, 0.3) is 0 Å². The van der Waals surface area contributed by atoms with Gasteiger partial charge >= 0.3 is 5.97 Å². The molecule has 0 radical (unpaired) electrons. The van der Waals surface area contributed by atoms with Gasteiger partial charge in [-0.1, -0.05) is 36.9 Å². The fraction of sp³-hybridized carbons (Fsp3) is 0.188. The molecule has 2 aromatic rings. The van der Waals surface area contributed by atoms with E-state index in [9.17, 15) is 4.79 Å². The molecule has 3 nitrogen and oxygen atoms in total. The molecule has 0 spiro atoms. The van der Waals surface area contributed by atoms with Gasteiger partial charge in [0.05, 0.1) is 0 Å². The maximum atomic E-state index is 10.9. The Balaban J connectivity index is 2.37. The molecule has 0 aliphatic heterocycles. The van der Waals surface area contributed by atoms with Crippen LogP contribution in [0.5, 0.6) is 5.75 Å². The van der Waals surface area contributed by atoms with Crippen molar-refractivity contribution in [1.82, 2.24) is 0 Å². The molecule has 98 valence electrons. The van der Waals surface area contributed by atoms with Crippen LogP contribution in [0.2, 0.25) is 0 Å². The fourth-order valence-corrected chi connectivity index (χ4v) is 1.84. The van der Waals surface area contributed by atoms with Crippen LogP contribution in [0.15, 0.2) is 49.1 Å². The van der Waals surface area contributed by atoms with E-state index in [4.69, 9.17) is 9.47 Å². The molecule has 0 saturated carbocycles. The molecule has 19 heavy (non-hydrogen) atoms. The molecule has 2 rings (SSSR count). The van der Waals surface area contributed by atoms with Crippen molar-refractivity contribution < 1.29 is 14.3 Å². The molecule has 0 atom stereocenters. The first-order valence-electron chi connectivity index (χ1n) is 6.09. The highest BCUT2D eigenvalue weighted by molar-refractivity contribution is 5.85. The predicted molar refractivity (Wildman–Crippen MR) is 75.1 cm³/mol. The van der Waals surface area contributed by atoms with Gasteiger partial charge in [-0.25, -0.2) is 0 Å². The third-order valence-electron chi connectivity index (χ3n) is 2.72. The molecular formula is C16H16O3. The van der Waals surface area contributed by atoms with Crippen molar-refractivity contribution in [2.45, 2.75) is 13.5 Å². The molecule has 0 aromatic heterocycles. The van der Waals surface area contributed by atoms with Crippen molar-refractivity contribution in [3.63, 3.8) is 0 Å². The Kier molecular flexibility index (Phi) is 4.18. The molecular weight excluding hydrogens is 240 g/mol. The summed E-state index contributed by atoms with van der Waals surface area (Å²) < 4.78 is 10.7. The van der Waals surface area contributed by atoms with Crippen LogP contribution in [0.25, 0.3) is 10.8 Å². The van der Waals surface area contributed by atoms with Crippen molar-refractivity contribution in [2.75, 3.05) is 6.61 Å². The lowest BCUT2D eigenvalue weighted by Gasteiger charge is -2.12. The van der Waals surface area contributed by atoms with Crippen LogP contribution in [0.4, 0.5) is 0 Å². The monoisotopic (exact) mass is 256 g/mol. The van der Waals surface area contributed by atoms with Crippen LogP contribution < -0.4 is 4.74 Å². The summed E-state index contributed by atoms with van der Waals surface area (Å²) in [6, 6.07) is 11.9. The third kappa shape index (κ3) is 3.35. The van der Waals surface area contributed by atoms with E-state index in [2.05, 4.69) is 6.58 Å². The Hall–Kier alpha value is -2.29.